The van der Waals surface area contributed by atoms with E-state index in [2.05, 4.69) is 27.9 Å². The topological polar surface area (TPSA) is 56.8 Å². The minimum atomic E-state index is -0.253. The molecule has 2 aromatic carbocycles. The van der Waals surface area contributed by atoms with Gasteiger partial charge in [0, 0.05) is 9.26 Å². The van der Waals surface area contributed by atoms with Crippen LogP contribution >= 0.6 is 22.6 Å². The van der Waals surface area contributed by atoms with Gasteiger partial charge in [-0.25, -0.2) is 0 Å². The number of hydrogen-bond donors (Lipinski definition) is 1. The van der Waals surface area contributed by atoms with Crippen LogP contribution in [0.25, 0.3) is 0 Å². The number of nitrogens with one attached hydrogen (secondary N) is 1. The number of amides is 1. The minimum absolute atomic E-state index is 0.138. The average Bonchev–Trinajstić information content (AvgIpc) is 2.52. The van der Waals surface area contributed by atoms with E-state index >= 15 is 0 Å². The normalized spacial score (nSPS) is 10.1. The maximum absolute atomic E-state index is 12.0. The Morgan fingerprint density at radius 1 is 1.13 bits per heavy atom. The van der Waals surface area contributed by atoms with Crippen molar-refractivity contribution in [2.24, 2.45) is 0 Å². The first-order valence-corrected chi connectivity index (χ1v) is 8.02. The Labute approximate surface area is 149 Å². The van der Waals surface area contributed by atoms with Crippen molar-refractivity contribution in [3.8, 4) is 17.2 Å². The van der Waals surface area contributed by atoms with E-state index in [0.717, 1.165) is 14.8 Å². The Kier molecular flexibility index (Phi) is 6.09. The fourth-order valence-electron chi connectivity index (χ4n) is 2.05. The molecule has 122 valence electrons. The van der Waals surface area contributed by atoms with Gasteiger partial charge < -0.3 is 19.5 Å². The first-order valence-electron chi connectivity index (χ1n) is 6.94. The average molecular weight is 427 g/mol. The van der Waals surface area contributed by atoms with E-state index in [4.69, 9.17) is 14.2 Å². The van der Waals surface area contributed by atoms with Gasteiger partial charge in [0.1, 0.15) is 0 Å². The number of carbonyl (C=O) groups excluding carboxylic acids is 1. The summed E-state index contributed by atoms with van der Waals surface area (Å²) < 4.78 is 17.2. The predicted octanol–water partition coefficient (Wildman–Crippen LogP) is 3.63. The summed E-state index contributed by atoms with van der Waals surface area (Å²) in [5.74, 6) is 1.22. The summed E-state index contributed by atoms with van der Waals surface area (Å²) in [5, 5.41) is 2.79. The van der Waals surface area contributed by atoms with Crippen molar-refractivity contribution in [3.63, 3.8) is 0 Å². The smallest absolute Gasteiger partial charge is 0.262 e. The molecule has 0 aliphatic rings. The number of methoxy groups -OCH3 is 2. The molecular formula is C17H18INO4. The highest BCUT2D eigenvalue weighted by atomic mass is 127. The van der Waals surface area contributed by atoms with Gasteiger partial charge in [0.25, 0.3) is 5.91 Å². The molecule has 23 heavy (non-hydrogen) atoms. The number of halogens is 1. The lowest BCUT2D eigenvalue weighted by atomic mass is 10.2. The quantitative estimate of drug-likeness (QED) is 0.716. The van der Waals surface area contributed by atoms with Gasteiger partial charge >= 0.3 is 0 Å². The highest BCUT2D eigenvalue weighted by molar-refractivity contribution is 14.1. The van der Waals surface area contributed by atoms with Crippen LogP contribution in [0.15, 0.2) is 36.4 Å². The molecule has 0 saturated heterocycles. The third-order valence-corrected chi connectivity index (χ3v) is 3.73. The summed E-state index contributed by atoms with van der Waals surface area (Å²) >= 11 is 2.19. The van der Waals surface area contributed by atoms with Gasteiger partial charge in [-0.15, -0.1) is 0 Å². The van der Waals surface area contributed by atoms with Crippen LogP contribution in [0.2, 0.25) is 0 Å². The second-order valence-corrected chi connectivity index (χ2v) is 6.09. The van der Waals surface area contributed by atoms with Gasteiger partial charge in [-0.05, 0) is 65.4 Å². The molecule has 0 saturated carbocycles. The Morgan fingerprint density at radius 3 is 2.35 bits per heavy atom. The third-order valence-electron chi connectivity index (χ3n) is 3.06. The van der Waals surface area contributed by atoms with Crippen LogP contribution in [0.4, 0.5) is 5.69 Å². The molecule has 0 radical (unpaired) electrons. The zero-order chi connectivity index (χ0) is 16.8. The molecule has 0 heterocycles. The lowest BCUT2D eigenvalue weighted by Gasteiger charge is -2.15. The van der Waals surface area contributed by atoms with E-state index in [1.165, 1.54) is 0 Å². The Balaban J connectivity index is 2.07. The molecule has 0 fully saturated rings. The van der Waals surface area contributed by atoms with Gasteiger partial charge in [-0.1, -0.05) is 6.07 Å². The molecule has 0 aliphatic heterocycles. The van der Waals surface area contributed by atoms with Gasteiger partial charge in [-0.3, -0.25) is 4.79 Å². The molecular weight excluding hydrogens is 409 g/mol. The molecule has 0 atom stereocenters. The van der Waals surface area contributed by atoms with E-state index in [0.29, 0.717) is 17.2 Å². The highest BCUT2D eigenvalue weighted by Crippen LogP contribution is 2.38. The molecule has 0 aliphatic carbocycles. The summed E-state index contributed by atoms with van der Waals surface area (Å²) in [7, 11) is 3.10. The third kappa shape index (κ3) is 4.75. The lowest BCUT2D eigenvalue weighted by molar-refractivity contribution is -0.118. The molecule has 6 heteroatoms. The molecule has 5 nitrogen and oxygen atoms in total. The highest BCUT2D eigenvalue weighted by Gasteiger charge is 2.14. The van der Waals surface area contributed by atoms with E-state index in [1.807, 2.05) is 43.3 Å². The largest absolute Gasteiger partial charge is 0.493 e. The second-order valence-electron chi connectivity index (χ2n) is 4.85. The molecule has 0 spiro atoms. The minimum Gasteiger partial charge on any atom is -0.493 e. The summed E-state index contributed by atoms with van der Waals surface area (Å²) in [6.45, 7) is 1.79. The number of aryl methyl sites for hydroxylation is 1. The monoisotopic (exact) mass is 427 g/mol. The maximum Gasteiger partial charge on any atom is 0.262 e. The molecule has 2 aromatic rings. The zero-order valence-corrected chi connectivity index (χ0v) is 15.3. The molecule has 2 rings (SSSR count). The Hall–Kier alpha value is -1.96. The van der Waals surface area contributed by atoms with Crippen LogP contribution in [0.1, 0.15) is 5.56 Å². The van der Waals surface area contributed by atoms with Crippen LogP contribution < -0.4 is 19.5 Å². The van der Waals surface area contributed by atoms with Crippen LogP contribution in [0.5, 0.6) is 17.2 Å². The molecule has 0 bridgehead atoms. The second kappa shape index (κ2) is 8.05. The van der Waals surface area contributed by atoms with E-state index < -0.39 is 0 Å². The van der Waals surface area contributed by atoms with Gasteiger partial charge in [-0.2, -0.15) is 0 Å². The number of hydrogen-bond acceptors (Lipinski definition) is 4. The van der Waals surface area contributed by atoms with Crippen molar-refractivity contribution >= 4 is 34.2 Å². The molecule has 1 amide bonds. The summed E-state index contributed by atoms with van der Waals surface area (Å²) in [6.07, 6.45) is 0. The SMILES string of the molecule is COc1cc(C)cc(OC)c1OCC(=O)Nc1cccc(I)c1. The first-order chi connectivity index (χ1) is 11.0. The summed E-state index contributed by atoms with van der Waals surface area (Å²) in [4.78, 5) is 12.0. The van der Waals surface area contributed by atoms with Gasteiger partial charge in [0.15, 0.2) is 18.1 Å². The number of benzene rings is 2. The van der Waals surface area contributed by atoms with Crippen molar-refractivity contribution in [3.05, 3.63) is 45.5 Å². The Morgan fingerprint density at radius 2 is 1.78 bits per heavy atom. The van der Waals surface area contributed by atoms with E-state index in [1.54, 1.807) is 14.2 Å². The summed E-state index contributed by atoms with van der Waals surface area (Å²) in [6, 6.07) is 11.2. The standard InChI is InChI=1S/C17H18INO4/c1-11-7-14(21-2)17(15(8-11)22-3)23-10-16(20)19-13-6-4-5-12(18)9-13/h4-9H,10H2,1-3H3,(H,19,20). The molecule has 0 unspecified atom stereocenters. The Bertz CT molecular complexity index is 678. The van der Waals surface area contributed by atoms with Crippen LogP contribution in [-0.2, 0) is 4.79 Å². The first kappa shape index (κ1) is 17.4. The van der Waals surface area contributed by atoms with E-state index in [-0.39, 0.29) is 12.5 Å². The van der Waals surface area contributed by atoms with Crippen molar-refractivity contribution in [1.29, 1.82) is 0 Å². The van der Waals surface area contributed by atoms with Crippen molar-refractivity contribution in [2.45, 2.75) is 6.92 Å². The van der Waals surface area contributed by atoms with Gasteiger partial charge in [0.2, 0.25) is 5.75 Å². The number of rotatable bonds is 6. The molecule has 1 N–H and O–H groups in total. The number of anilines is 1. The summed E-state index contributed by atoms with van der Waals surface area (Å²) in [5.41, 5.74) is 1.71. The predicted molar refractivity (Wildman–Crippen MR) is 97.6 cm³/mol. The number of carbonyl (C=O) groups is 1. The van der Waals surface area contributed by atoms with Crippen molar-refractivity contribution in [2.75, 3.05) is 26.1 Å². The maximum atomic E-state index is 12.0. The van der Waals surface area contributed by atoms with Crippen molar-refractivity contribution in [1.82, 2.24) is 0 Å². The van der Waals surface area contributed by atoms with Gasteiger partial charge in [0.05, 0.1) is 14.2 Å². The fourth-order valence-corrected chi connectivity index (χ4v) is 2.60. The lowest BCUT2D eigenvalue weighted by Crippen LogP contribution is -2.20. The van der Waals surface area contributed by atoms with Crippen molar-refractivity contribution < 1.29 is 19.0 Å². The zero-order valence-electron chi connectivity index (χ0n) is 13.2. The van der Waals surface area contributed by atoms with E-state index in [9.17, 15) is 4.79 Å². The fraction of sp³-hybridized carbons (Fsp3) is 0.235. The van der Waals surface area contributed by atoms with Crippen LogP contribution in [0, 0.1) is 10.5 Å². The molecule has 0 aromatic heterocycles. The van der Waals surface area contributed by atoms with Crippen LogP contribution in [-0.4, -0.2) is 26.7 Å². The van der Waals surface area contributed by atoms with Crippen LogP contribution in [0.3, 0.4) is 0 Å². The number of ether oxygens (including phenoxy) is 3.